The van der Waals surface area contributed by atoms with E-state index in [-0.39, 0.29) is 21.0 Å². The Morgan fingerprint density at radius 1 is 0.958 bits per heavy atom. The standard InChI is InChI=1S/C16H15Cl2N3O2S/c1-8-5-9(2)13(10(3)6-8)24(22,23)21-7-11(4)12-14(17)19-16(18)20-15(12)21/h5-7H,1-4H3. The molecule has 0 unspecified atom stereocenters. The van der Waals surface area contributed by atoms with Crippen LogP contribution in [-0.2, 0) is 10.0 Å². The normalized spacial score (nSPS) is 12.1. The molecule has 2 heterocycles. The number of hydrogen-bond acceptors (Lipinski definition) is 4. The maximum Gasteiger partial charge on any atom is 0.269 e. The van der Waals surface area contributed by atoms with E-state index in [1.54, 1.807) is 20.8 Å². The van der Waals surface area contributed by atoms with E-state index in [9.17, 15) is 8.42 Å². The van der Waals surface area contributed by atoms with Gasteiger partial charge in [0.1, 0.15) is 5.15 Å². The quantitative estimate of drug-likeness (QED) is 0.491. The summed E-state index contributed by atoms with van der Waals surface area (Å²) in [5.41, 5.74) is 3.21. The number of hydrogen-bond donors (Lipinski definition) is 0. The summed E-state index contributed by atoms with van der Waals surface area (Å²) in [5, 5.41) is 0.514. The van der Waals surface area contributed by atoms with E-state index in [0.29, 0.717) is 22.1 Å². The van der Waals surface area contributed by atoms with Crippen LogP contribution < -0.4 is 0 Å². The van der Waals surface area contributed by atoms with Crippen LogP contribution in [0, 0.1) is 27.7 Å². The molecule has 0 bridgehead atoms. The Morgan fingerprint density at radius 2 is 1.54 bits per heavy atom. The van der Waals surface area contributed by atoms with Gasteiger partial charge < -0.3 is 0 Å². The third-order valence-corrected chi connectivity index (χ3v) is 6.25. The van der Waals surface area contributed by atoms with E-state index in [2.05, 4.69) is 9.97 Å². The van der Waals surface area contributed by atoms with Crippen LogP contribution in [0.15, 0.2) is 23.2 Å². The number of halogens is 2. The lowest BCUT2D eigenvalue weighted by molar-refractivity contribution is 0.587. The topological polar surface area (TPSA) is 64.8 Å². The Hall–Kier alpha value is -1.63. The van der Waals surface area contributed by atoms with Crippen molar-refractivity contribution in [1.82, 2.24) is 13.9 Å². The van der Waals surface area contributed by atoms with Gasteiger partial charge in [0, 0.05) is 6.20 Å². The summed E-state index contributed by atoms with van der Waals surface area (Å²) in [4.78, 5) is 8.23. The zero-order chi connectivity index (χ0) is 17.8. The molecule has 5 nitrogen and oxygen atoms in total. The fourth-order valence-corrected chi connectivity index (χ4v) is 5.36. The van der Waals surface area contributed by atoms with Gasteiger partial charge in [-0.2, -0.15) is 4.98 Å². The first-order chi connectivity index (χ1) is 11.1. The zero-order valence-electron chi connectivity index (χ0n) is 13.6. The van der Waals surface area contributed by atoms with Gasteiger partial charge in [-0.3, -0.25) is 0 Å². The molecule has 126 valence electrons. The van der Waals surface area contributed by atoms with Crippen molar-refractivity contribution in [3.63, 3.8) is 0 Å². The Morgan fingerprint density at radius 3 is 2.12 bits per heavy atom. The first kappa shape index (κ1) is 17.2. The maximum absolute atomic E-state index is 13.3. The molecule has 0 aliphatic carbocycles. The fourth-order valence-electron chi connectivity index (χ4n) is 3.05. The molecule has 0 aliphatic heterocycles. The van der Waals surface area contributed by atoms with E-state index >= 15 is 0 Å². The fraction of sp³-hybridized carbons (Fsp3) is 0.250. The van der Waals surface area contributed by atoms with Gasteiger partial charge in [0.05, 0.1) is 10.3 Å². The second-order valence-corrected chi connectivity index (χ2v) is 8.27. The molecule has 0 fully saturated rings. The third kappa shape index (κ3) is 2.59. The highest BCUT2D eigenvalue weighted by molar-refractivity contribution is 7.90. The van der Waals surface area contributed by atoms with Crippen LogP contribution in [0.4, 0.5) is 0 Å². The van der Waals surface area contributed by atoms with Gasteiger partial charge in [-0.25, -0.2) is 17.4 Å². The molecule has 0 spiro atoms. The SMILES string of the molecule is Cc1cc(C)c(S(=O)(=O)n2cc(C)c3c(Cl)nc(Cl)nc32)c(C)c1. The summed E-state index contributed by atoms with van der Waals surface area (Å²) in [6, 6.07) is 3.68. The molecule has 0 saturated heterocycles. The number of nitrogens with zero attached hydrogens (tertiary/aromatic N) is 3. The molecule has 0 N–H and O–H groups in total. The van der Waals surface area contributed by atoms with E-state index in [4.69, 9.17) is 23.2 Å². The van der Waals surface area contributed by atoms with Gasteiger partial charge in [0.15, 0.2) is 5.65 Å². The molecule has 0 atom stereocenters. The monoisotopic (exact) mass is 383 g/mol. The minimum atomic E-state index is -3.85. The summed E-state index contributed by atoms with van der Waals surface area (Å²) >= 11 is 12.0. The van der Waals surface area contributed by atoms with Gasteiger partial charge in [-0.05, 0) is 56.0 Å². The summed E-state index contributed by atoms with van der Waals surface area (Å²) < 4.78 is 27.6. The lowest BCUT2D eigenvalue weighted by atomic mass is 10.1. The minimum absolute atomic E-state index is 0.0978. The van der Waals surface area contributed by atoms with Crippen molar-refractivity contribution < 1.29 is 8.42 Å². The van der Waals surface area contributed by atoms with E-state index < -0.39 is 10.0 Å². The third-order valence-electron chi connectivity index (χ3n) is 3.85. The molecule has 0 radical (unpaired) electrons. The van der Waals surface area contributed by atoms with Crippen molar-refractivity contribution in [1.29, 1.82) is 0 Å². The van der Waals surface area contributed by atoms with Crippen LogP contribution in [0.5, 0.6) is 0 Å². The second-order valence-electron chi connectivity index (χ2n) is 5.82. The Labute approximate surface area is 150 Å². The number of benzene rings is 1. The van der Waals surface area contributed by atoms with Crippen molar-refractivity contribution in [3.8, 4) is 0 Å². The smallest absolute Gasteiger partial charge is 0.224 e. The number of aryl methyl sites for hydroxylation is 4. The molecule has 2 aromatic heterocycles. The first-order valence-corrected chi connectivity index (χ1v) is 9.36. The Kier molecular flexibility index (Phi) is 4.10. The number of rotatable bonds is 2. The predicted octanol–water partition coefficient (Wildman–Crippen LogP) is 4.21. The molecule has 3 rings (SSSR count). The van der Waals surface area contributed by atoms with Crippen molar-refractivity contribution in [2.24, 2.45) is 0 Å². The van der Waals surface area contributed by atoms with Crippen molar-refractivity contribution in [3.05, 3.63) is 51.0 Å². The first-order valence-electron chi connectivity index (χ1n) is 7.17. The average molecular weight is 384 g/mol. The summed E-state index contributed by atoms with van der Waals surface area (Å²) in [7, 11) is -3.85. The van der Waals surface area contributed by atoms with Crippen LogP contribution in [0.1, 0.15) is 22.3 Å². The van der Waals surface area contributed by atoms with Crippen LogP contribution in [0.2, 0.25) is 10.4 Å². The summed E-state index contributed by atoms with van der Waals surface area (Å²) in [6.07, 6.45) is 1.50. The zero-order valence-corrected chi connectivity index (χ0v) is 15.9. The maximum atomic E-state index is 13.3. The van der Waals surface area contributed by atoms with Crippen LogP contribution >= 0.6 is 23.2 Å². The highest BCUT2D eigenvalue weighted by atomic mass is 35.5. The molecule has 1 aromatic carbocycles. The van der Waals surface area contributed by atoms with Gasteiger partial charge in [0.2, 0.25) is 5.28 Å². The molecule has 8 heteroatoms. The van der Waals surface area contributed by atoms with Crippen LogP contribution in [0.3, 0.4) is 0 Å². The highest BCUT2D eigenvalue weighted by Gasteiger charge is 2.26. The van der Waals surface area contributed by atoms with E-state index in [1.165, 1.54) is 6.20 Å². The van der Waals surface area contributed by atoms with Gasteiger partial charge in [-0.1, -0.05) is 29.3 Å². The molecule has 24 heavy (non-hydrogen) atoms. The van der Waals surface area contributed by atoms with Gasteiger partial charge >= 0.3 is 0 Å². The lowest BCUT2D eigenvalue weighted by Crippen LogP contribution is -2.15. The van der Waals surface area contributed by atoms with Crippen LogP contribution in [-0.4, -0.2) is 22.4 Å². The Balaban J connectivity index is 2.40. The van der Waals surface area contributed by atoms with E-state index in [0.717, 1.165) is 9.54 Å². The average Bonchev–Trinajstić information content (AvgIpc) is 2.74. The van der Waals surface area contributed by atoms with Crippen LogP contribution in [0.25, 0.3) is 11.0 Å². The molecule has 3 aromatic rings. The molecule has 0 saturated carbocycles. The number of fused-ring (bicyclic) bond motifs is 1. The second kappa shape index (κ2) is 5.72. The van der Waals surface area contributed by atoms with Gasteiger partial charge in [0.25, 0.3) is 10.0 Å². The highest BCUT2D eigenvalue weighted by Crippen LogP contribution is 2.31. The molecule has 0 amide bonds. The van der Waals surface area contributed by atoms with E-state index in [1.807, 2.05) is 19.1 Å². The summed E-state index contributed by atoms with van der Waals surface area (Å²) in [5.74, 6) is 0. The van der Waals surface area contributed by atoms with Crippen molar-refractivity contribution in [2.45, 2.75) is 32.6 Å². The molecular weight excluding hydrogens is 369 g/mol. The molecular formula is C16H15Cl2N3O2S. The Bertz CT molecular complexity index is 1070. The lowest BCUT2D eigenvalue weighted by Gasteiger charge is -2.13. The van der Waals surface area contributed by atoms with Crippen molar-refractivity contribution in [2.75, 3.05) is 0 Å². The van der Waals surface area contributed by atoms with Gasteiger partial charge in [-0.15, -0.1) is 0 Å². The molecule has 0 aliphatic rings. The van der Waals surface area contributed by atoms with Crippen molar-refractivity contribution >= 4 is 44.3 Å². The minimum Gasteiger partial charge on any atom is -0.224 e. The summed E-state index contributed by atoms with van der Waals surface area (Å²) in [6.45, 7) is 7.24. The predicted molar refractivity (Wildman–Crippen MR) is 95.5 cm³/mol. The largest absolute Gasteiger partial charge is 0.269 e. The number of aromatic nitrogens is 3.